The Kier molecular flexibility index (Phi) is 3.74. The maximum atomic E-state index is 8.90. The van der Waals surface area contributed by atoms with Crippen molar-refractivity contribution in [1.29, 1.82) is 10.5 Å². The summed E-state index contributed by atoms with van der Waals surface area (Å²) in [5, 5.41) is 17.7. The van der Waals surface area contributed by atoms with E-state index in [2.05, 4.69) is 35.6 Å². The highest BCUT2D eigenvalue weighted by Crippen LogP contribution is 2.30. The Balaban J connectivity index is 3.25. The lowest BCUT2D eigenvalue weighted by atomic mass is 10.1. The number of hydrogen-bond donors (Lipinski definition) is 0. The number of rotatable bonds is 2. The molecule has 0 aliphatic rings. The average molecular weight is 295 g/mol. The van der Waals surface area contributed by atoms with Gasteiger partial charge in [-0.3, -0.25) is 0 Å². The first-order valence-electron chi connectivity index (χ1n) is 4.70. The van der Waals surface area contributed by atoms with E-state index in [0.717, 1.165) is 0 Å². The highest BCUT2D eigenvalue weighted by atomic mass is 79.9. The SMILES string of the molecule is C[Si](C)(C)Oc1cc(C#N)c(C#N)cc1Br. The van der Waals surface area contributed by atoms with E-state index in [1.54, 1.807) is 12.1 Å². The smallest absolute Gasteiger partial charge is 0.242 e. The molecule has 5 heteroatoms. The summed E-state index contributed by atoms with van der Waals surface area (Å²) in [5.74, 6) is 0.634. The van der Waals surface area contributed by atoms with Gasteiger partial charge in [0.05, 0.1) is 15.6 Å². The Labute approximate surface area is 105 Å². The van der Waals surface area contributed by atoms with E-state index in [1.807, 2.05) is 12.1 Å². The minimum atomic E-state index is -1.72. The zero-order chi connectivity index (χ0) is 12.3. The summed E-state index contributed by atoms with van der Waals surface area (Å²) in [6, 6.07) is 7.20. The van der Waals surface area contributed by atoms with Crippen LogP contribution in [-0.2, 0) is 0 Å². The molecule has 1 aromatic carbocycles. The summed E-state index contributed by atoms with van der Waals surface area (Å²) < 4.78 is 6.52. The van der Waals surface area contributed by atoms with Gasteiger partial charge in [0.2, 0.25) is 8.32 Å². The minimum Gasteiger partial charge on any atom is -0.544 e. The summed E-state index contributed by atoms with van der Waals surface area (Å²) in [4.78, 5) is 0. The molecule has 0 saturated carbocycles. The topological polar surface area (TPSA) is 56.8 Å². The van der Waals surface area contributed by atoms with Crippen molar-refractivity contribution in [1.82, 2.24) is 0 Å². The van der Waals surface area contributed by atoms with E-state index in [9.17, 15) is 0 Å². The van der Waals surface area contributed by atoms with Gasteiger partial charge in [0.25, 0.3) is 0 Å². The van der Waals surface area contributed by atoms with Crippen LogP contribution in [0.3, 0.4) is 0 Å². The molecule has 3 nitrogen and oxygen atoms in total. The van der Waals surface area contributed by atoms with E-state index in [0.29, 0.717) is 21.3 Å². The van der Waals surface area contributed by atoms with Crippen molar-refractivity contribution in [3.8, 4) is 17.9 Å². The monoisotopic (exact) mass is 294 g/mol. The Morgan fingerprint density at radius 2 is 1.62 bits per heavy atom. The number of hydrogen-bond acceptors (Lipinski definition) is 3. The van der Waals surface area contributed by atoms with Crippen LogP contribution in [0.15, 0.2) is 16.6 Å². The van der Waals surface area contributed by atoms with E-state index in [-0.39, 0.29) is 0 Å². The molecule has 0 saturated heterocycles. The highest BCUT2D eigenvalue weighted by molar-refractivity contribution is 9.10. The second-order valence-electron chi connectivity index (χ2n) is 4.27. The van der Waals surface area contributed by atoms with Crippen molar-refractivity contribution in [2.45, 2.75) is 19.6 Å². The maximum absolute atomic E-state index is 8.90. The van der Waals surface area contributed by atoms with Crippen LogP contribution >= 0.6 is 15.9 Å². The van der Waals surface area contributed by atoms with Crippen LogP contribution < -0.4 is 4.43 Å². The quantitative estimate of drug-likeness (QED) is 0.786. The van der Waals surface area contributed by atoms with E-state index >= 15 is 0 Å². The zero-order valence-electron chi connectivity index (χ0n) is 9.34. The van der Waals surface area contributed by atoms with E-state index in [4.69, 9.17) is 14.9 Å². The maximum Gasteiger partial charge on any atom is 0.242 e. The van der Waals surface area contributed by atoms with Gasteiger partial charge in [-0.1, -0.05) is 0 Å². The van der Waals surface area contributed by atoms with Gasteiger partial charge in [-0.2, -0.15) is 10.5 Å². The van der Waals surface area contributed by atoms with Crippen molar-refractivity contribution >= 4 is 24.2 Å². The summed E-state index contributed by atoms with van der Waals surface area (Å²) in [7, 11) is -1.72. The van der Waals surface area contributed by atoms with E-state index in [1.165, 1.54) is 0 Å². The van der Waals surface area contributed by atoms with Crippen LogP contribution in [0, 0.1) is 22.7 Å². The number of nitrogens with zero attached hydrogens (tertiary/aromatic N) is 2. The molecular weight excluding hydrogens is 284 g/mol. The van der Waals surface area contributed by atoms with Crippen molar-refractivity contribution in [3.63, 3.8) is 0 Å². The minimum absolute atomic E-state index is 0.346. The lowest BCUT2D eigenvalue weighted by Crippen LogP contribution is -2.29. The third-order valence-electron chi connectivity index (χ3n) is 1.73. The zero-order valence-corrected chi connectivity index (χ0v) is 11.9. The molecule has 0 heterocycles. The van der Waals surface area contributed by atoms with Gasteiger partial charge < -0.3 is 4.43 Å². The first kappa shape index (κ1) is 12.8. The highest BCUT2D eigenvalue weighted by Gasteiger charge is 2.19. The molecule has 1 rings (SSSR count). The fourth-order valence-corrected chi connectivity index (χ4v) is 2.55. The Morgan fingerprint density at radius 3 is 2.06 bits per heavy atom. The van der Waals surface area contributed by atoms with Crippen LogP contribution in [-0.4, -0.2) is 8.32 Å². The second kappa shape index (κ2) is 4.69. The summed E-state index contributed by atoms with van der Waals surface area (Å²) in [5.41, 5.74) is 0.705. The Bertz CT molecular complexity index is 494. The Hall–Kier alpha value is -1.30. The predicted molar refractivity (Wildman–Crippen MR) is 67.5 cm³/mol. The fourth-order valence-electron chi connectivity index (χ4n) is 1.15. The first-order valence-corrected chi connectivity index (χ1v) is 8.90. The molecule has 0 fully saturated rings. The second-order valence-corrected chi connectivity index (χ2v) is 9.55. The molecule has 0 atom stereocenters. The molecule has 1 aromatic rings. The van der Waals surface area contributed by atoms with Crippen molar-refractivity contribution in [3.05, 3.63) is 27.7 Å². The van der Waals surface area contributed by atoms with Crippen LogP contribution in [0.25, 0.3) is 0 Å². The number of benzene rings is 1. The molecule has 0 aliphatic heterocycles. The van der Waals surface area contributed by atoms with Gasteiger partial charge in [0.15, 0.2) is 0 Å². The predicted octanol–water partition coefficient (Wildman–Crippen LogP) is 3.41. The van der Waals surface area contributed by atoms with Crippen LogP contribution in [0.5, 0.6) is 5.75 Å². The number of nitriles is 2. The van der Waals surface area contributed by atoms with Crippen molar-refractivity contribution in [2.24, 2.45) is 0 Å². The van der Waals surface area contributed by atoms with Gasteiger partial charge >= 0.3 is 0 Å². The van der Waals surface area contributed by atoms with E-state index < -0.39 is 8.32 Å². The van der Waals surface area contributed by atoms with Crippen LogP contribution in [0.4, 0.5) is 0 Å². The molecule has 0 radical (unpaired) electrons. The van der Waals surface area contributed by atoms with Crippen LogP contribution in [0.2, 0.25) is 19.6 Å². The first-order chi connectivity index (χ1) is 7.37. The molecule has 0 amide bonds. The molecule has 0 N–H and O–H groups in total. The van der Waals surface area contributed by atoms with Crippen molar-refractivity contribution < 1.29 is 4.43 Å². The molecule has 16 heavy (non-hydrogen) atoms. The summed E-state index contributed by atoms with van der Waals surface area (Å²) in [6.45, 7) is 6.18. The van der Waals surface area contributed by atoms with Gasteiger partial charge in [0.1, 0.15) is 17.9 Å². The molecular formula is C11H11BrN2OSi. The number of halogens is 1. The standard InChI is InChI=1S/C11H11BrN2OSi/c1-16(2,3)15-11-5-9(7-14)8(6-13)4-10(11)12/h4-5H,1-3H3. The molecule has 0 aliphatic carbocycles. The summed E-state index contributed by atoms with van der Waals surface area (Å²) in [6.07, 6.45) is 0. The summed E-state index contributed by atoms with van der Waals surface area (Å²) >= 11 is 3.34. The van der Waals surface area contributed by atoms with Gasteiger partial charge in [-0.05, 0) is 47.7 Å². The molecule has 82 valence electrons. The molecule has 0 unspecified atom stereocenters. The van der Waals surface area contributed by atoms with Gasteiger partial charge in [-0.15, -0.1) is 0 Å². The lowest BCUT2D eigenvalue weighted by molar-refractivity contribution is 0.554. The average Bonchev–Trinajstić information content (AvgIpc) is 2.18. The van der Waals surface area contributed by atoms with Gasteiger partial charge in [0, 0.05) is 0 Å². The van der Waals surface area contributed by atoms with Crippen molar-refractivity contribution in [2.75, 3.05) is 0 Å². The largest absolute Gasteiger partial charge is 0.544 e. The third-order valence-corrected chi connectivity index (χ3v) is 3.18. The molecule has 0 spiro atoms. The normalized spacial score (nSPS) is 10.4. The Morgan fingerprint density at radius 1 is 1.12 bits per heavy atom. The lowest BCUT2D eigenvalue weighted by Gasteiger charge is -2.20. The third kappa shape index (κ3) is 3.09. The van der Waals surface area contributed by atoms with Gasteiger partial charge in [-0.25, -0.2) is 0 Å². The fraction of sp³-hybridized carbons (Fsp3) is 0.273. The molecule has 0 bridgehead atoms. The van der Waals surface area contributed by atoms with Crippen LogP contribution in [0.1, 0.15) is 11.1 Å². The molecule has 0 aromatic heterocycles.